The summed E-state index contributed by atoms with van der Waals surface area (Å²) in [6.45, 7) is 3.60. The maximum Gasteiger partial charge on any atom is 0.263 e. The number of rotatable bonds is 4. The monoisotopic (exact) mass is 381 g/mol. The van der Waals surface area contributed by atoms with Crippen LogP contribution in [-0.2, 0) is 13.5 Å². The van der Waals surface area contributed by atoms with Gasteiger partial charge >= 0.3 is 0 Å². The molecule has 0 aliphatic carbocycles. The number of hydrogen-bond acceptors (Lipinski definition) is 5. The SMILES string of the molecule is Cc1ncc(-c2cncc(C[C@@H]3CCCN(C(=O)c4cccs4)C3)n2)n1C. The summed E-state index contributed by atoms with van der Waals surface area (Å²) in [6.07, 6.45) is 8.46. The molecular formula is C20H23N5OS. The number of imidazole rings is 1. The van der Waals surface area contributed by atoms with E-state index < -0.39 is 0 Å². The molecule has 0 unspecified atom stereocenters. The van der Waals surface area contributed by atoms with Gasteiger partial charge in [-0.25, -0.2) is 9.97 Å². The van der Waals surface area contributed by atoms with Crippen LogP contribution in [0.3, 0.4) is 0 Å². The summed E-state index contributed by atoms with van der Waals surface area (Å²) in [5.74, 6) is 1.52. The van der Waals surface area contributed by atoms with Gasteiger partial charge < -0.3 is 9.47 Å². The van der Waals surface area contributed by atoms with Gasteiger partial charge in [-0.05, 0) is 43.6 Å². The van der Waals surface area contributed by atoms with Crippen molar-refractivity contribution >= 4 is 17.2 Å². The number of aryl methyl sites for hydroxylation is 1. The normalized spacial score (nSPS) is 17.3. The maximum atomic E-state index is 12.6. The van der Waals surface area contributed by atoms with E-state index in [2.05, 4.69) is 9.97 Å². The van der Waals surface area contributed by atoms with E-state index in [-0.39, 0.29) is 5.91 Å². The van der Waals surface area contributed by atoms with Crippen molar-refractivity contribution in [3.05, 3.63) is 52.5 Å². The second kappa shape index (κ2) is 7.60. The predicted octanol–water partition coefficient (Wildman–Crippen LogP) is 3.34. The molecule has 0 N–H and O–H groups in total. The summed E-state index contributed by atoms with van der Waals surface area (Å²) in [7, 11) is 1.99. The van der Waals surface area contributed by atoms with Crippen LogP contribution in [0.15, 0.2) is 36.1 Å². The molecule has 1 fully saturated rings. The highest BCUT2D eigenvalue weighted by molar-refractivity contribution is 7.12. The molecule has 0 aromatic carbocycles. The minimum atomic E-state index is 0.153. The van der Waals surface area contributed by atoms with Crippen LogP contribution >= 0.6 is 11.3 Å². The van der Waals surface area contributed by atoms with Crippen LogP contribution in [-0.4, -0.2) is 43.4 Å². The van der Waals surface area contributed by atoms with Crippen molar-refractivity contribution in [3.63, 3.8) is 0 Å². The number of likely N-dealkylation sites (tertiary alicyclic amines) is 1. The van der Waals surface area contributed by atoms with Crippen molar-refractivity contribution in [3.8, 4) is 11.4 Å². The van der Waals surface area contributed by atoms with Gasteiger partial charge in [0.25, 0.3) is 5.91 Å². The number of hydrogen-bond donors (Lipinski definition) is 0. The van der Waals surface area contributed by atoms with Gasteiger partial charge in [0.15, 0.2) is 0 Å². The number of carbonyl (C=O) groups is 1. The first-order valence-electron chi connectivity index (χ1n) is 9.24. The van der Waals surface area contributed by atoms with E-state index in [9.17, 15) is 4.79 Å². The highest BCUT2D eigenvalue weighted by Gasteiger charge is 2.25. The van der Waals surface area contributed by atoms with Crippen LogP contribution in [0, 0.1) is 12.8 Å². The standard InChI is InChI=1S/C20H23N5OS/c1-14-22-12-18(24(14)2)17-11-21-10-16(23-17)9-15-5-3-7-25(13-15)20(26)19-6-4-8-27-19/h4,6,8,10-12,15H,3,5,7,9,13H2,1-2H3/t15-/m0/s1. The Morgan fingerprint density at radius 1 is 1.33 bits per heavy atom. The molecule has 0 radical (unpaired) electrons. The lowest BCUT2D eigenvalue weighted by molar-refractivity contribution is 0.0677. The third-order valence-corrected chi connectivity index (χ3v) is 6.06. The molecule has 6 nitrogen and oxygen atoms in total. The molecule has 140 valence electrons. The molecule has 1 aliphatic rings. The molecular weight excluding hydrogens is 358 g/mol. The fraction of sp³-hybridized carbons (Fsp3) is 0.400. The van der Waals surface area contributed by atoms with E-state index in [0.29, 0.717) is 5.92 Å². The van der Waals surface area contributed by atoms with Crippen LogP contribution in [0.2, 0.25) is 0 Å². The van der Waals surface area contributed by atoms with Gasteiger partial charge in [-0.3, -0.25) is 9.78 Å². The third-order valence-electron chi connectivity index (χ3n) is 5.20. The van der Waals surface area contributed by atoms with Crippen LogP contribution in [0.5, 0.6) is 0 Å². The van der Waals surface area contributed by atoms with Gasteiger partial charge in [0.05, 0.1) is 28.7 Å². The van der Waals surface area contributed by atoms with Gasteiger partial charge in [-0.2, -0.15) is 0 Å². The number of aromatic nitrogens is 4. The first kappa shape index (κ1) is 17.9. The minimum absolute atomic E-state index is 0.153. The summed E-state index contributed by atoms with van der Waals surface area (Å²) < 4.78 is 2.02. The van der Waals surface area contributed by atoms with Gasteiger partial charge in [-0.15, -0.1) is 11.3 Å². The Hall–Kier alpha value is -2.54. The van der Waals surface area contributed by atoms with Crippen molar-refractivity contribution in [1.82, 2.24) is 24.4 Å². The second-order valence-electron chi connectivity index (χ2n) is 7.09. The number of amides is 1. The molecule has 1 atom stereocenters. The van der Waals surface area contributed by atoms with E-state index >= 15 is 0 Å². The summed E-state index contributed by atoms with van der Waals surface area (Å²) >= 11 is 1.51. The largest absolute Gasteiger partial charge is 0.338 e. The fourth-order valence-electron chi connectivity index (χ4n) is 3.64. The molecule has 7 heteroatoms. The fourth-order valence-corrected chi connectivity index (χ4v) is 4.33. The minimum Gasteiger partial charge on any atom is -0.338 e. The average molecular weight is 382 g/mol. The molecule has 0 bridgehead atoms. The molecule has 27 heavy (non-hydrogen) atoms. The topological polar surface area (TPSA) is 63.9 Å². The van der Waals surface area contributed by atoms with Crippen LogP contribution in [0.4, 0.5) is 0 Å². The Bertz CT molecular complexity index is 934. The number of piperidine rings is 1. The van der Waals surface area contributed by atoms with Crippen LogP contribution < -0.4 is 0 Å². The molecule has 1 aliphatic heterocycles. The van der Waals surface area contributed by atoms with Gasteiger partial charge in [-0.1, -0.05) is 6.07 Å². The van der Waals surface area contributed by atoms with Crippen LogP contribution in [0.1, 0.15) is 34.0 Å². The van der Waals surface area contributed by atoms with E-state index in [1.807, 2.05) is 53.3 Å². The van der Waals surface area contributed by atoms with Crippen molar-refractivity contribution in [2.75, 3.05) is 13.1 Å². The Morgan fingerprint density at radius 2 is 2.22 bits per heavy atom. The summed E-state index contributed by atoms with van der Waals surface area (Å²) in [6, 6.07) is 3.84. The summed E-state index contributed by atoms with van der Waals surface area (Å²) in [5, 5.41) is 1.95. The quantitative estimate of drug-likeness (QED) is 0.695. The molecule has 0 saturated carbocycles. The van der Waals surface area contributed by atoms with Crippen LogP contribution in [0.25, 0.3) is 11.4 Å². The molecule has 1 amide bonds. The Kier molecular flexibility index (Phi) is 5.03. The number of thiophene rings is 1. The Balaban J connectivity index is 1.47. The van der Waals surface area contributed by atoms with E-state index in [4.69, 9.17) is 4.98 Å². The smallest absolute Gasteiger partial charge is 0.263 e. The lowest BCUT2D eigenvalue weighted by atomic mass is 9.93. The Labute approximate surface area is 162 Å². The van der Waals surface area contributed by atoms with Crippen molar-refractivity contribution < 1.29 is 4.79 Å². The molecule has 4 heterocycles. The number of nitrogens with zero attached hydrogens (tertiary/aromatic N) is 5. The molecule has 4 rings (SSSR count). The van der Waals surface area contributed by atoms with Crippen molar-refractivity contribution in [2.45, 2.75) is 26.2 Å². The average Bonchev–Trinajstić information content (AvgIpc) is 3.33. The first-order chi connectivity index (χ1) is 13.1. The zero-order chi connectivity index (χ0) is 18.8. The van der Waals surface area contributed by atoms with E-state index in [1.54, 1.807) is 6.20 Å². The molecule has 3 aromatic heterocycles. The zero-order valence-electron chi connectivity index (χ0n) is 15.6. The second-order valence-corrected chi connectivity index (χ2v) is 8.03. The van der Waals surface area contributed by atoms with Crippen molar-refractivity contribution in [2.24, 2.45) is 13.0 Å². The number of carbonyl (C=O) groups excluding carboxylic acids is 1. The lowest BCUT2D eigenvalue weighted by Gasteiger charge is -2.32. The van der Waals surface area contributed by atoms with Gasteiger partial charge in [0.1, 0.15) is 11.5 Å². The van der Waals surface area contributed by atoms with Gasteiger partial charge in [0.2, 0.25) is 0 Å². The first-order valence-corrected chi connectivity index (χ1v) is 10.1. The highest BCUT2D eigenvalue weighted by Crippen LogP contribution is 2.24. The molecule has 0 spiro atoms. The van der Waals surface area contributed by atoms with Gasteiger partial charge in [0, 0.05) is 26.3 Å². The Morgan fingerprint density at radius 3 is 2.96 bits per heavy atom. The zero-order valence-corrected chi connectivity index (χ0v) is 16.4. The molecule has 3 aromatic rings. The summed E-state index contributed by atoms with van der Waals surface area (Å²) in [4.78, 5) is 29.0. The lowest BCUT2D eigenvalue weighted by Crippen LogP contribution is -2.40. The van der Waals surface area contributed by atoms with Crippen molar-refractivity contribution in [1.29, 1.82) is 0 Å². The molecule has 1 saturated heterocycles. The highest BCUT2D eigenvalue weighted by atomic mass is 32.1. The summed E-state index contributed by atoms with van der Waals surface area (Å²) in [5.41, 5.74) is 2.79. The maximum absolute atomic E-state index is 12.6. The van der Waals surface area contributed by atoms with E-state index in [1.165, 1.54) is 11.3 Å². The van der Waals surface area contributed by atoms with E-state index in [0.717, 1.165) is 60.1 Å². The predicted molar refractivity (Wildman–Crippen MR) is 106 cm³/mol. The third kappa shape index (κ3) is 3.78.